The largest absolute Gasteiger partial charge is 0.495 e. The molecule has 1 aliphatic rings. The van der Waals surface area contributed by atoms with Crippen LogP contribution >= 0.6 is 11.8 Å². The first-order valence-electron chi connectivity index (χ1n) is 7.91. The zero-order valence-corrected chi connectivity index (χ0v) is 16.2. The fourth-order valence-corrected chi connectivity index (χ4v) is 5.99. The number of benzene rings is 1. The first-order valence-corrected chi connectivity index (χ1v) is 10.8. The fraction of sp³-hybridized carbons (Fsp3) is 0.588. The number of sulfone groups is 1. The van der Waals surface area contributed by atoms with Gasteiger partial charge >= 0.3 is 0 Å². The molecular formula is C17H25NO4S2. The molecule has 0 aliphatic carbocycles. The highest BCUT2D eigenvalue weighted by Gasteiger charge is 2.28. The summed E-state index contributed by atoms with van der Waals surface area (Å²) in [5.74, 6) is 1.11. The number of amides is 1. The Bertz CT molecular complexity index is 708. The number of hydrogen-bond acceptors (Lipinski definition) is 5. The van der Waals surface area contributed by atoms with Crippen LogP contribution in [0.2, 0.25) is 0 Å². The van der Waals surface area contributed by atoms with Gasteiger partial charge in [-0.1, -0.05) is 26.8 Å². The third-order valence-electron chi connectivity index (χ3n) is 3.98. The normalized spacial score (nSPS) is 19.9. The third kappa shape index (κ3) is 5.14. The van der Waals surface area contributed by atoms with Crippen LogP contribution in [-0.2, 0) is 20.0 Å². The van der Waals surface area contributed by atoms with E-state index in [0.717, 1.165) is 5.56 Å². The number of hydrogen-bond donors (Lipinski definition) is 1. The minimum absolute atomic E-state index is 0.0172. The van der Waals surface area contributed by atoms with Gasteiger partial charge in [0.15, 0.2) is 9.84 Å². The Morgan fingerprint density at radius 2 is 2.08 bits per heavy atom. The maximum Gasteiger partial charge on any atom is 0.234 e. The van der Waals surface area contributed by atoms with E-state index in [1.54, 1.807) is 7.11 Å². The van der Waals surface area contributed by atoms with Crippen molar-refractivity contribution < 1.29 is 17.9 Å². The van der Waals surface area contributed by atoms with Crippen LogP contribution in [0.5, 0.6) is 5.75 Å². The molecule has 0 saturated carbocycles. The Hall–Kier alpha value is -1.21. The van der Waals surface area contributed by atoms with Crippen molar-refractivity contribution in [3.63, 3.8) is 0 Å². The molecule has 1 heterocycles. The maximum atomic E-state index is 12.2. The van der Waals surface area contributed by atoms with Gasteiger partial charge in [0.25, 0.3) is 0 Å². The van der Waals surface area contributed by atoms with Crippen LogP contribution in [-0.4, -0.2) is 43.9 Å². The van der Waals surface area contributed by atoms with Crippen LogP contribution in [0.4, 0.5) is 5.69 Å². The topological polar surface area (TPSA) is 72.5 Å². The van der Waals surface area contributed by atoms with E-state index < -0.39 is 9.84 Å². The van der Waals surface area contributed by atoms with Crippen LogP contribution in [0.15, 0.2) is 18.2 Å². The quantitative estimate of drug-likeness (QED) is 0.862. The van der Waals surface area contributed by atoms with Crippen molar-refractivity contribution >= 4 is 33.2 Å². The summed E-state index contributed by atoms with van der Waals surface area (Å²) in [4.78, 5) is 12.2. The molecule has 1 aromatic carbocycles. The van der Waals surface area contributed by atoms with Gasteiger partial charge in [-0.3, -0.25) is 4.79 Å². The van der Waals surface area contributed by atoms with E-state index >= 15 is 0 Å². The number of rotatable bonds is 5. The van der Waals surface area contributed by atoms with Gasteiger partial charge in [0, 0.05) is 5.25 Å². The lowest BCUT2D eigenvalue weighted by Gasteiger charge is -2.21. The monoisotopic (exact) mass is 371 g/mol. The van der Waals surface area contributed by atoms with Gasteiger partial charge < -0.3 is 10.1 Å². The average molecular weight is 372 g/mol. The molecule has 1 fully saturated rings. The molecular weight excluding hydrogens is 346 g/mol. The second kappa shape index (κ2) is 7.35. The molecule has 1 aliphatic heterocycles. The number of carbonyl (C=O) groups excluding carboxylic acids is 1. The summed E-state index contributed by atoms with van der Waals surface area (Å²) in [7, 11) is -1.34. The molecule has 7 heteroatoms. The van der Waals surface area contributed by atoms with Crippen LogP contribution < -0.4 is 10.1 Å². The molecule has 24 heavy (non-hydrogen) atoms. The van der Waals surface area contributed by atoms with Gasteiger partial charge in [-0.15, -0.1) is 11.8 Å². The van der Waals surface area contributed by atoms with Gasteiger partial charge in [-0.05, 0) is 29.5 Å². The van der Waals surface area contributed by atoms with E-state index in [4.69, 9.17) is 4.74 Å². The molecule has 1 N–H and O–H groups in total. The standard InChI is InChI=1S/C17H25NO4S2/c1-17(2,3)12-5-6-15(22-4)14(9-12)18-16(19)10-23-13-7-8-24(20,21)11-13/h5-6,9,13H,7-8,10-11H2,1-4H3,(H,18,19)/t13-/m1/s1. The van der Waals surface area contributed by atoms with Crippen molar-refractivity contribution in [2.45, 2.75) is 37.9 Å². The van der Waals surface area contributed by atoms with Crippen molar-refractivity contribution in [1.82, 2.24) is 0 Å². The molecule has 1 saturated heterocycles. The van der Waals surface area contributed by atoms with Crippen molar-refractivity contribution in [2.24, 2.45) is 0 Å². The Balaban J connectivity index is 2.00. The average Bonchev–Trinajstić information content (AvgIpc) is 2.83. The summed E-state index contributed by atoms with van der Waals surface area (Å²) in [6.45, 7) is 6.32. The highest BCUT2D eigenvalue weighted by atomic mass is 32.2. The second-order valence-electron chi connectivity index (χ2n) is 7.05. The molecule has 2 rings (SSSR count). The van der Waals surface area contributed by atoms with Crippen molar-refractivity contribution in [1.29, 1.82) is 0 Å². The predicted molar refractivity (Wildman–Crippen MR) is 99.8 cm³/mol. The second-order valence-corrected chi connectivity index (χ2v) is 10.6. The maximum absolute atomic E-state index is 12.2. The zero-order chi connectivity index (χ0) is 18.0. The van der Waals surface area contributed by atoms with E-state index in [1.807, 2.05) is 18.2 Å². The first kappa shape index (κ1) is 19.1. The smallest absolute Gasteiger partial charge is 0.234 e. The molecule has 0 spiro atoms. The lowest BCUT2D eigenvalue weighted by atomic mass is 9.87. The molecule has 5 nitrogen and oxygen atoms in total. The van der Waals surface area contributed by atoms with Gasteiger partial charge in [0.1, 0.15) is 5.75 Å². The van der Waals surface area contributed by atoms with E-state index in [9.17, 15) is 13.2 Å². The van der Waals surface area contributed by atoms with Crippen molar-refractivity contribution in [2.75, 3.05) is 29.7 Å². The summed E-state index contributed by atoms with van der Waals surface area (Å²) < 4.78 is 28.2. The molecule has 134 valence electrons. The summed E-state index contributed by atoms with van der Waals surface area (Å²) in [6.07, 6.45) is 0.628. The predicted octanol–water partition coefficient (Wildman–Crippen LogP) is 2.85. The van der Waals surface area contributed by atoms with Crippen LogP contribution in [0.1, 0.15) is 32.8 Å². The van der Waals surface area contributed by atoms with E-state index in [-0.39, 0.29) is 33.8 Å². The van der Waals surface area contributed by atoms with Gasteiger partial charge in [-0.2, -0.15) is 0 Å². The molecule has 0 aromatic heterocycles. The Labute approximate surface area is 148 Å². The Morgan fingerprint density at radius 3 is 2.62 bits per heavy atom. The van der Waals surface area contributed by atoms with Gasteiger partial charge in [-0.25, -0.2) is 8.42 Å². The Kier molecular flexibility index (Phi) is 5.86. The number of anilines is 1. The molecule has 1 aromatic rings. The molecule has 1 amide bonds. The zero-order valence-electron chi connectivity index (χ0n) is 14.6. The molecule has 1 atom stereocenters. The number of methoxy groups -OCH3 is 1. The minimum Gasteiger partial charge on any atom is -0.495 e. The molecule has 0 bridgehead atoms. The van der Waals surface area contributed by atoms with Crippen LogP contribution in [0.3, 0.4) is 0 Å². The minimum atomic E-state index is -2.91. The number of thioether (sulfide) groups is 1. The molecule has 0 unspecified atom stereocenters. The highest BCUT2D eigenvalue weighted by molar-refractivity contribution is 8.02. The number of nitrogens with one attached hydrogen (secondary N) is 1. The lowest BCUT2D eigenvalue weighted by Crippen LogP contribution is -2.18. The number of ether oxygens (including phenoxy) is 1. The van der Waals surface area contributed by atoms with Crippen LogP contribution in [0, 0.1) is 0 Å². The first-order chi connectivity index (χ1) is 11.1. The Morgan fingerprint density at radius 1 is 1.38 bits per heavy atom. The van der Waals surface area contributed by atoms with Gasteiger partial charge in [0.2, 0.25) is 5.91 Å². The lowest BCUT2D eigenvalue weighted by molar-refractivity contribution is -0.113. The fourth-order valence-electron chi connectivity index (χ4n) is 2.54. The molecule has 0 radical (unpaired) electrons. The van der Waals surface area contributed by atoms with Crippen LogP contribution in [0.25, 0.3) is 0 Å². The van der Waals surface area contributed by atoms with Crippen molar-refractivity contribution in [3.8, 4) is 5.75 Å². The summed E-state index contributed by atoms with van der Waals surface area (Å²) in [5, 5.41) is 2.90. The highest BCUT2D eigenvalue weighted by Crippen LogP contribution is 2.32. The van der Waals surface area contributed by atoms with E-state index in [1.165, 1.54) is 11.8 Å². The third-order valence-corrected chi connectivity index (χ3v) is 7.26. The summed E-state index contributed by atoms with van der Waals surface area (Å²) in [5.41, 5.74) is 1.72. The van der Waals surface area contributed by atoms with E-state index in [0.29, 0.717) is 17.9 Å². The van der Waals surface area contributed by atoms with Crippen molar-refractivity contribution in [3.05, 3.63) is 23.8 Å². The van der Waals surface area contributed by atoms with Gasteiger partial charge in [0.05, 0.1) is 30.1 Å². The SMILES string of the molecule is COc1ccc(C(C)(C)C)cc1NC(=O)CS[C@@H]1CCS(=O)(=O)C1. The summed E-state index contributed by atoms with van der Waals surface area (Å²) >= 11 is 1.40. The number of carbonyl (C=O) groups is 1. The summed E-state index contributed by atoms with van der Waals surface area (Å²) in [6, 6.07) is 5.78. The van der Waals surface area contributed by atoms with E-state index in [2.05, 4.69) is 26.1 Å².